The molecule has 2 heterocycles. The van der Waals surface area contributed by atoms with Gasteiger partial charge in [-0.15, -0.1) is 0 Å². The maximum absolute atomic E-state index is 12.0. The maximum Gasteiger partial charge on any atom is 0.278 e. The van der Waals surface area contributed by atoms with Crippen LogP contribution in [-0.4, -0.2) is 33.0 Å². The molecule has 1 N–H and O–H groups in total. The van der Waals surface area contributed by atoms with Gasteiger partial charge in [0.2, 0.25) is 0 Å². The van der Waals surface area contributed by atoms with Gasteiger partial charge in [0.25, 0.3) is 5.69 Å². The fourth-order valence-electron chi connectivity index (χ4n) is 2.13. The minimum atomic E-state index is -1.01. The summed E-state index contributed by atoms with van der Waals surface area (Å²) in [6, 6.07) is 0. The van der Waals surface area contributed by atoms with E-state index in [1.165, 1.54) is 6.20 Å². The summed E-state index contributed by atoms with van der Waals surface area (Å²) >= 11 is 0. The second-order valence-corrected chi connectivity index (χ2v) is 6.40. The number of rotatable bonds is 5. The monoisotopic (exact) mass is 283 g/mol. The standard InChI is InChI=1S/C12H17N3O3S/c1-8-3-14-11(9(2)12(8)15(16)17)7-19(18)6-10-4-13-5-10/h3,10,13H,4-7H2,1-2H3. The zero-order chi connectivity index (χ0) is 14.0. The van der Waals surface area contributed by atoms with Gasteiger partial charge in [0.15, 0.2) is 0 Å². The molecule has 0 bridgehead atoms. The molecule has 19 heavy (non-hydrogen) atoms. The summed E-state index contributed by atoms with van der Waals surface area (Å²) < 4.78 is 12.0. The van der Waals surface area contributed by atoms with Crippen LogP contribution in [0, 0.1) is 29.9 Å². The molecule has 1 aromatic rings. The Labute approximate surface area is 114 Å². The zero-order valence-corrected chi connectivity index (χ0v) is 11.8. The van der Waals surface area contributed by atoms with Gasteiger partial charge in [0.1, 0.15) is 0 Å². The van der Waals surface area contributed by atoms with Crippen molar-refractivity contribution in [3.63, 3.8) is 0 Å². The first kappa shape index (κ1) is 14.1. The van der Waals surface area contributed by atoms with Gasteiger partial charge in [-0.3, -0.25) is 19.3 Å². The van der Waals surface area contributed by atoms with Crippen molar-refractivity contribution >= 4 is 16.5 Å². The predicted molar refractivity (Wildman–Crippen MR) is 73.4 cm³/mol. The van der Waals surface area contributed by atoms with E-state index in [0.29, 0.717) is 34.2 Å². The van der Waals surface area contributed by atoms with Crippen molar-refractivity contribution in [2.75, 3.05) is 18.8 Å². The predicted octanol–water partition coefficient (Wildman–Crippen LogP) is 1.07. The third-order valence-electron chi connectivity index (χ3n) is 3.34. The average Bonchev–Trinajstić information content (AvgIpc) is 2.27. The van der Waals surface area contributed by atoms with E-state index >= 15 is 0 Å². The van der Waals surface area contributed by atoms with Gasteiger partial charge in [-0.2, -0.15) is 0 Å². The van der Waals surface area contributed by atoms with Crippen molar-refractivity contribution in [2.24, 2.45) is 5.92 Å². The van der Waals surface area contributed by atoms with Gasteiger partial charge in [-0.05, 0) is 19.8 Å². The molecule has 6 nitrogen and oxygen atoms in total. The van der Waals surface area contributed by atoms with E-state index in [-0.39, 0.29) is 5.69 Å². The van der Waals surface area contributed by atoms with E-state index in [4.69, 9.17) is 0 Å². The van der Waals surface area contributed by atoms with Crippen LogP contribution >= 0.6 is 0 Å². The van der Waals surface area contributed by atoms with Crippen LogP contribution in [0.15, 0.2) is 6.20 Å². The lowest BCUT2D eigenvalue weighted by atomic mass is 10.1. The molecule has 0 saturated carbocycles. The van der Waals surface area contributed by atoms with E-state index in [9.17, 15) is 14.3 Å². The highest BCUT2D eigenvalue weighted by atomic mass is 32.2. The van der Waals surface area contributed by atoms with Crippen LogP contribution < -0.4 is 5.32 Å². The molecule has 1 aromatic heterocycles. The van der Waals surface area contributed by atoms with Crippen LogP contribution in [0.2, 0.25) is 0 Å². The third-order valence-corrected chi connectivity index (χ3v) is 4.78. The number of aromatic nitrogens is 1. The smallest absolute Gasteiger partial charge is 0.278 e. The Morgan fingerprint density at radius 1 is 1.53 bits per heavy atom. The SMILES string of the molecule is Cc1cnc(CS(=O)CC2CNC2)c(C)c1[N+](=O)[O-]. The first-order chi connectivity index (χ1) is 8.99. The van der Waals surface area contributed by atoms with E-state index < -0.39 is 15.7 Å². The molecular formula is C12H17N3O3S. The van der Waals surface area contributed by atoms with Gasteiger partial charge >= 0.3 is 0 Å². The number of nitrogens with one attached hydrogen (secondary N) is 1. The van der Waals surface area contributed by atoms with Gasteiger partial charge in [-0.25, -0.2) is 0 Å². The highest BCUT2D eigenvalue weighted by molar-refractivity contribution is 7.84. The second kappa shape index (κ2) is 5.75. The minimum absolute atomic E-state index is 0.0901. The third kappa shape index (κ3) is 3.16. The number of pyridine rings is 1. The molecule has 1 atom stereocenters. The van der Waals surface area contributed by atoms with Gasteiger partial charge in [0.05, 0.1) is 16.4 Å². The number of aryl methyl sites for hydroxylation is 1. The molecule has 1 aliphatic rings. The van der Waals surface area contributed by atoms with Gasteiger partial charge in [-0.1, -0.05) is 0 Å². The summed E-state index contributed by atoms with van der Waals surface area (Å²) in [5.74, 6) is 1.39. The van der Waals surface area contributed by atoms with Crippen LogP contribution in [0.25, 0.3) is 0 Å². The van der Waals surface area contributed by atoms with Crippen LogP contribution in [0.4, 0.5) is 5.69 Å². The summed E-state index contributed by atoms with van der Waals surface area (Å²) in [6.45, 7) is 5.16. The number of hydrogen-bond acceptors (Lipinski definition) is 5. The Kier molecular flexibility index (Phi) is 4.26. The molecule has 104 valence electrons. The largest absolute Gasteiger partial charge is 0.316 e. The van der Waals surface area contributed by atoms with Crippen LogP contribution in [-0.2, 0) is 16.6 Å². The molecule has 1 aliphatic heterocycles. The van der Waals surface area contributed by atoms with Gasteiger partial charge in [0, 0.05) is 47.0 Å². The van der Waals surface area contributed by atoms with Crippen molar-refractivity contribution in [3.8, 4) is 0 Å². The highest BCUT2D eigenvalue weighted by Gasteiger charge is 2.22. The fraction of sp³-hybridized carbons (Fsp3) is 0.583. The minimum Gasteiger partial charge on any atom is -0.316 e. The summed E-state index contributed by atoms with van der Waals surface area (Å²) in [5.41, 5.74) is 1.74. The topological polar surface area (TPSA) is 85.1 Å². The molecular weight excluding hydrogens is 266 g/mol. The highest BCUT2D eigenvalue weighted by Crippen LogP contribution is 2.25. The molecule has 0 radical (unpaired) electrons. The van der Waals surface area contributed by atoms with Crippen LogP contribution in [0.5, 0.6) is 0 Å². The first-order valence-electron chi connectivity index (χ1n) is 6.14. The summed E-state index contributed by atoms with van der Waals surface area (Å²) in [7, 11) is -1.01. The molecule has 0 aliphatic carbocycles. The Balaban J connectivity index is 2.13. The normalized spacial score (nSPS) is 16.9. The van der Waals surface area contributed by atoms with E-state index in [1.54, 1.807) is 13.8 Å². The molecule has 0 spiro atoms. The first-order valence-corrected chi connectivity index (χ1v) is 7.63. The van der Waals surface area contributed by atoms with E-state index in [0.717, 1.165) is 13.1 Å². The molecule has 0 aromatic carbocycles. The van der Waals surface area contributed by atoms with Gasteiger partial charge < -0.3 is 5.32 Å². The number of nitro groups is 1. The molecule has 7 heteroatoms. The Morgan fingerprint density at radius 3 is 2.74 bits per heavy atom. The quantitative estimate of drug-likeness (QED) is 0.645. The molecule has 1 fully saturated rings. The van der Waals surface area contributed by atoms with E-state index in [2.05, 4.69) is 10.3 Å². The Bertz CT molecular complexity index is 529. The summed E-state index contributed by atoms with van der Waals surface area (Å²) in [4.78, 5) is 14.8. The zero-order valence-electron chi connectivity index (χ0n) is 11.0. The van der Waals surface area contributed by atoms with Crippen LogP contribution in [0.3, 0.4) is 0 Å². The number of nitrogens with zero attached hydrogens (tertiary/aromatic N) is 2. The molecule has 1 unspecified atom stereocenters. The average molecular weight is 283 g/mol. The van der Waals surface area contributed by atoms with Crippen molar-refractivity contribution in [2.45, 2.75) is 19.6 Å². The number of hydrogen-bond donors (Lipinski definition) is 1. The summed E-state index contributed by atoms with van der Waals surface area (Å²) in [5, 5.41) is 14.1. The second-order valence-electron chi connectivity index (χ2n) is 4.89. The van der Waals surface area contributed by atoms with Crippen molar-refractivity contribution < 1.29 is 9.13 Å². The molecule has 2 rings (SSSR count). The lowest BCUT2D eigenvalue weighted by Gasteiger charge is -2.26. The lowest BCUT2D eigenvalue weighted by molar-refractivity contribution is -0.386. The van der Waals surface area contributed by atoms with Crippen molar-refractivity contribution in [1.29, 1.82) is 0 Å². The molecule has 0 amide bonds. The Morgan fingerprint density at radius 2 is 2.21 bits per heavy atom. The molecule has 1 saturated heterocycles. The Hall–Kier alpha value is -1.34. The van der Waals surface area contributed by atoms with E-state index in [1.807, 2.05) is 0 Å². The van der Waals surface area contributed by atoms with Crippen molar-refractivity contribution in [1.82, 2.24) is 10.3 Å². The fourth-order valence-corrected chi connectivity index (χ4v) is 3.61. The van der Waals surface area contributed by atoms with Crippen molar-refractivity contribution in [3.05, 3.63) is 33.1 Å². The maximum atomic E-state index is 12.0. The lowest BCUT2D eigenvalue weighted by Crippen LogP contribution is -2.44. The van der Waals surface area contributed by atoms with Crippen LogP contribution in [0.1, 0.15) is 16.8 Å². The summed E-state index contributed by atoms with van der Waals surface area (Å²) in [6.07, 6.45) is 1.49.